The maximum absolute atomic E-state index is 12.5. The summed E-state index contributed by atoms with van der Waals surface area (Å²) in [6.45, 7) is 8.16. The molecule has 1 amide bonds. The molecule has 3 fully saturated rings. The first-order valence-corrected chi connectivity index (χ1v) is 11.8. The summed E-state index contributed by atoms with van der Waals surface area (Å²) in [5, 5.41) is 20.0. The fourth-order valence-corrected chi connectivity index (χ4v) is 6.85. The van der Waals surface area contributed by atoms with Gasteiger partial charge in [-0.1, -0.05) is 6.92 Å². The molecule has 3 saturated heterocycles. The number of nitrogens with two attached hydrogens (primary N) is 2. The normalized spacial score (nSPS) is 35.6. The Morgan fingerprint density at radius 1 is 1.32 bits per heavy atom. The third-order valence-corrected chi connectivity index (χ3v) is 8.42. The molecular weight excluding hydrogens is 422 g/mol. The second-order valence-electron chi connectivity index (χ2n) is 9.04. The second kappa shape index (κ2) is 8.97. The predicted molar refractivity (Wildman–Crippen MR) is 116 cm³/mol. The Labute approximate surface area is 186 Å². The molecule has 6 N–H and O–H groups in total. The Balaban J connectivity index is 1.38. The topological polar surface area (TPSA) is 146 Å². The van der Waals surface area contributed by atoms with Crippen molar-refractivity contribution in [3.63, 3.8) is 0 Å². The summed E-state index contributed by atoms with van der Waals surface area (Å²) in [6.07, 6.45) is -0.261. The molecule has 0 aliphatic carbocycles. The highest BCUT2D eigenvalue weighted by Gasteiger charge is 2.60. The van der Waals surface area contributed by atoms with Gasteiger partial charge in [0.05, 0.1) is 30.8 Å². The van der Waals surface area contributed by atoms with Gasteiger partial charge in [-0.05, 0) is 19.9 Å². The third-order valence-electron chi connectivity index (χ3n) is 6.89. The molecule has 31 heavy (non-hydrogen) atoms. The Hall–Kier alpha value is -1.21. The van der Waals surface area contributed by atoms with E-state index in [1.165, 1.54) is 4.90 Å². The molecule has 11 heteroatoms. The Morgan fingerprint density at radius 3 is 2.71 bits per heavy atom. The molecule has 6 atom stereocenters. The van der Waals surface area contributed by atoms with E-state index >= 15 is 0 Å². The standard InChI is InChI=1S/C20H33N5O5S/c1-10-15-14(11(2)26)18(27)25(15)16(19(28)29)17(10)31-13-3-4-23(9-13)7-12-8-24(20(21)22)5-6-30-12/h10-15,20,26H,3-9,21-22H2,1-2H3,(H,28,29)/t10-,11-,12+,13-,14-,15-/m1/s1. The van der Waals surface area contributed by atoms with Gasteiger partial charge in [0.2, 0.25) is 5.91 Å². The molecule has 4 heterocycles. The number of amides is 1. The van der Waals surface area contributed by atoms with E-state index in [1.807, 2.05) is 11.8 Å². The number of rotatable bonds is 7. The van der Waals surface area contributed by atoms with Crippen LogP contribution in [0.25, 0.3) is 0 Å². The molecule has 0 bridgehead atoms. The number of hydrogen-bond donors (Lipinski definition) is 4. The maximum Gasteiger partial charge on any atom is 0.353 e. The van der Waals surface area contributed by atoms with Crippen LogP contribution in [0.15, 0.2) is 10.6 Å². The predicted octanol–water partition coefficient (Wildman–Crippen LogP) is -1.15. The zero-order valence-electron chi connectivity index (χ0n) is 18.0. The monoisotopic (exact) mass is 455 g/mol. The molecule has 0 radical (unpaired) electrons. The van der Waals surface area contributed by atoms with Crippen molar-refractivity contribution in [2.24, 2.45) is 23.3 Å². The number of carboxylic acids is 1. The number of aliphatic carboxylic acids is 1. The number of thioether (sulfide) groups is 1. The minimum Gasteiger partial charge on any atom is -0.477 e. The van der Waals surface area contributed by atoms with Crippen LogP contribution in [-0.2, 0) is 14.3 Å². The van der Waals surface area contributed by atoms with Gasteiger partial charge < -0.3 is 31.3 Å². The lowest BCUT2D eigenvalue weighted by Gasteiger charge is -2.46. The van der Waals surface area contributed by atoms with Crippen molar-refractivity contribution in [3.8, 4) is 0 Å². The quantitative estimate of drug-likeness (QED) is 0.274. The largest absolute Gasteiger partial charge is 0.477 e. The van der Waals surface area contributed by atoms with Crippen LogP contribution in [0.4, 0.5) is 0 Å². The zero-order chi connectivity index (χ0) is 22.4. The van der Waals surface area contributed by atoms with Crippen LogP contribution >= 0.6 is 11.8 Å². The zero-order valence-corrected chi connectivity index (χ0v) is 18.8. The average Bonchev–Trinajstić information content (AvgIpc) is 3.23. The second-order valence-corrected chi connectivity index (χ2v) is 10.4. The number of aliphatic hydroxyl groups is 1. The molecule has 0 unspecified atom stereocenters. The van der Waals surface area contributed by atoms with Crippen LogP contribution in [0.5, 0.6) is 0 Å². The summed E-state index contributed by atoms with van der Waals surface area (Å²) in [5.74, 6) is -1.98. The van der Waals surface area contributed by atoms with Crippen LogP contribution < -0.4 is 11.5 Å². The van der Waals surface area contributed by atoms with E-state index in [4.69, 9.17) is 16.2 Å². The summed E-state index contributed by atoms with van der Waals surface area (Å²) >= 11 is 1.58. The highest BCUT2D eigenvalue weighted by molar-refractivity contribution is 8.03. The van der Waals surface area contributed by atoms with Gasteiger partial charge in [-0.15, -0.1) is 11.8 Å². The van der Waals surface area contributed by atoms with E-state index in [0.29, 0.717) is 13.2 Å². The van der Waals surface area contributed by atoms with E-state index in [2.05, 4.69) is 4.90 Å². The highest BCUT2D eigenvalue weighted by Crippen LogP contribution is 2.51. The molecule has 10 nitrogen and oxygen atoms in total. The van der Waals surface area contributed by atoms with Crippen molar-refractivity contribution < 1.29 is 24.5 Å². The number of carbonyl (C=O) groups excluding carboxylic acids is 1. The summed E-state index contributed by atoms with van der Waals surface area (Å²) in [6, 6.07) is -0.263. The van der Waals surface area contributed by atoms with Crippen LogP contribution in [0.1, 0.15) is 20.3 Å². The number of carboxylic acid groups (broad SMARTS) is 1. The number of aliphatic hydroxyl groups excluding tert-OH is 1. The van der Waals surface area contributed by atoms with E-state index < -0.39 is 24.3 Å². The number of β-lactam (4-membered cyclic amide) rings is 1. The number of morpholine rings is 1. The van der Waals surface area contributed by atoms with Gasteiger partial charge in [-0.3, -0.25) is 14.6 Å². The first-order valence-electron chi connectivity index (χ1n) is 10.9. The van der Waals surface area contributed by atoms with Crippen LogP contribution in [-0.4, -0.2) is 106 Å². The van der Waals surface area contributed by atoms with E-state index in [1.54, 1.807) is 18.7 Å². The lowest BCUT2D eigenvalue weighted by Crippen LogP contribution is -2.63. The number of ether oxygens (including phenoxy) is 1. The first-order chi connectivity index (χ1) is 14.7. The minimum atomic E-state index is -1.07. The molecular formula is C20H33N5O5S. The fourth-order valence-electron chi connectivity index (χ4n) is 5.33. The van der Waals surface area contributed by atoms with Crippen molar-refractivity contribution in [3.05, 3.63) is 10.6 Å². The number of fused-ring (bicyclic) bond motifs is 1. The van der Waals surface area contributed by atoms with Crippen molar-refractivity contribution >= 4 is 23.6 Å². The maximum atomic E-state index is 12.5. The van der Waals surface area contributed by atoms with Crippen LogP contribution in [0, 0.1) is 11.8 Å². The van der Waals surface area contributed by atoms with E-state index in [9.17, 15) is 19.8 Å². The molecule has 174 valence electrons. The van der Waals surface area contributed by atoms with Crippen molar-refractivity contribution in [2.45, 2.75) is 50.1 Å². The molecule has 0 aromatic rings. The first kappa shape index (κ1) is 23.0. The Morgan fingerprint density at radius 2 is 2.06 bits per heavy atom. The van der Waals surface area contributed by atoms with Gasteiger partial charge >= 0.3 is 5.97 Å². The van der Waals surface area contributed by atoms with Crippen molar-refractivity contribution in [1.29, 1.82) is 0 Å². The van der Waals surface area contributed by atoms with Gasteiger partial charge in [0.15, 0.2) is 0 Å². The van der Waals surface area contributed by atoms with Crippen molar-refractivity contribution in [2.75, 3.05) is 39.3 Å². The summed E-state index contributed by atoms with van der Waals surface area (Å²) in [4.78, 5) is 31.0. The Bertz CT molecular complexity index is 762. The molecule has 4 aliphatic heterocycles. The van der Waals surface area contributed by atoms with Crippen LogP contribution in [0.2, 0.25) is 0 Å². The van der Waals surface area contributed by atoms with Crippen LogP contribution in [0.3, 0.4) is 0 Å². The molecule has 0 spiro atoms. The summed E-state index contributed by atoms with van der Waals surface area (Å²) < 4.78 is 5.88. The highest BCUT2D eigenvalue weighted by atomic mass is 32.2. The van der Waals surface area contributed by atoms with Gasteiger partial charge in [0.25, 0.3) is 0 Å². The van der Waals surface area contributed by atoms with Gasteiger partial charge in [0, 0.05) is 42.3 Å². The third kappa shape index (κ3) is 4.24. The number of carbonyl (C=O) groups is 2. The number of nitrogens with zero attached hydrogens (tertiary/aromatic N) is 3. The summed E-state index contributed by atoms with van der Waals surface area (Å²) in [7, 11) is 0. The lowest BCUT2D eigenvalue weighted by atomic mass is 9.79. The summed E-state index contributed by atoms with van der Waals surface area (Å²) in [5.41, 5.74) is 11.7. The smallest absolute Gasteiger partial charge is 0.353 e. The molecule has 0 aromatic carbocycles. The molecule has 4 aliphatic rings. The molecule has 0 saturated carbocycles. The van der Waals surface area contributed by atoms with Gasteiger partial charge in [-0.25, -0.2) is 4.79 Å². The van der Waals surface area contributed by atoms with Gasteiger partial charge in [0.1, 0.15) is 12.0 Å². The van der Waals surface area contributed by atoms with Gasteiger partial charge in [-0.2, -0.15) is 0 Å². The number of hydrogen-bond acceptors (Lipinski definition) is 9. The SMILES string of the molecule is C[C@@H](O)[C@H]1C(=O)N2C(C(=O)O)=C(S[C@@H]3CCN(C[C@H]4CN(C(N)N)CCO4)C3)[C@H](C)[C@H]12. The van der Waals surface area contributed by atoms with Crippen molar-refractivity contribution in [1.82, 2.24) is 14.7 Å². The fraction of sp³-hybridized carbons (Fsp3) is 0.800. The molecule has 0 aromatic heterocycles. The average molecular weight is 456 g/mol. The minimum absolute atomic E-state index is 0.0534. The molecule has 4 rings (SSSR count). The van der Waals surface area contributed by atoms with E-state index in [-0.39, 0.29) is 34.9 Å². The number of likely N-dealkylation sites (tertiary alicyclic amines) is 1. The lowest BCUT2D eigenvalue weighted by molar-refractivity contribution is -0.163. The Kier molecular flexibility index (Phi) is 6.64. The van der Waals surface area contributed by atoms with E-state index in [0.717, 1.165) is 37.5 Å².